The van der Waals surface area contributed by atoms with E-state index in [-0.39, 0.29) is 24.7 Å². The zero-order valence-corrected chi connectivity index (χ0v) is 14.5. The van der Waals surface area contributed by atoms with Crippen molar-refractivity contribution in [2.75, 3.05) is 6.54 Å². The van der Waals surface area contributed by atoms with Crippen molar-refractivity contribution in [3.05, 3.63) is 35.4 Å². The molecule has 2 rings (SSSR count). The van der Waals surface area contributed by atoms with E-state index in [2.05, 4.69) is 5.32 Å². The molecule has 1 aliphatic rings. The van der Waals surface area contributed by atoms with Crippen LogP contribution in [0.15, 0.2) is 24.3 Å². The fourth-order valence-electron chi connectivity index (χ4n) is 3.09. The third-order valence-electron chi connectivity index (χ3n) is 4.47. The molecule has 1 amide bonds. The van der Waals surface area contributed by atoms with E-state index in [1.807, 2.05) is 38.1 Å². The number of benzene rings is 1. The van der Waals surface area contributed by atoms with Crippen LogP contribution in [0.4, 0.5) is 0 Å². The number of rotatable bonds is 8. The molecule has 2 N–H and O–H groups in total. The van der Waals surface area contributed by atoms with Gasteiger partial charge >= 0.3 is 5.97 Å². The Balaban J connectivity index is 1.76. The Morgan fingerprint density at radius 1 is 1.38 bits per heavy atom. The van der Waals surface area contributed by atoms with Gasteiger partial charge in [0.15, 0.2) is 0 Å². The molecule has 1 aromatic carbocycles. The molecule has 5 nitrogen and oxygen atoms in total. The molecule has 1 heterocycles. The molecule has 1 aromatic rings. The van der Waals surface area contributed by atoms with Crippen molar-refractivity contribution in [2.45, 2.75) is 58.2 Å². The second kappa shape index (κ2) is 8.83. The van der Waals surface area contributed by atoms with Crippen LogP contribution in [0.2, 0.25) is 0 Å². The van der Waals surface area contributed by atoms with Gasteiger partial charge in [-0.15, -0.1) is 0 Å². The minimum Gasteiger partial charge on any atom is -0.481 e. The Morgan fingerprint density at radius 2 is 2.17 bits per heavy atom. The topological polar surface area (TPSA) is 75.6 Å². The summed E-state index contributed by atoms with van der Waals surface area (Å²) in [6.45, 7) is 4.18. The average molecular weight is 333 g/mol. The number of amides is 1. The van der Waals surface area contributed by atoms with E-state index in [9.17, 15) is 14.7 Å². The van der Waals surface area contributed by atoms with Gasteiger partial charge in [-0.05, 0) is 45.1 Å². The summed E-state index contributed by atoms with van der Waals surface area (Å²) in [5.41, 5.74) is 2.08. The number of aliphatic carboxylic acids is 1. The lowest BCUT2D eigenvalue weighted by molar-refractivity contribution is -0.141. The largest absolute Gasteiger partial charge is 0.481 e. The van der Waals surface area contributed by atoms with E-state index in [4.69, 9.17) is 4.74 Å². The van der Waals surface area contributed by atoms with Gasteiger partial charge in [0.05, 0.1) is 18.1 Å². The van der Waals surface area contributed by atoms with Gasteiger partial charge in [-0.3, -0.25) is 9.59 Å². The molecule has 1 fully saturated rings. The maximum absolute atomic E-state index is 12.0. The van der Waals surface area contributed by atoms with Crippen LogP contribution in [0.3, 0.4) is 0 Å². The van der Waals surface area contributed by atoms with E-state index in [0.717, 1.165) is 24.0 Å². The molecule has 0 unspecified atom stereocenters. The van der Waals surface area contributed by atoms with Crippen LogP contribution in [-0.2, 0) is 20.7 Å². The molecule has 1 aliphatic heterocycles. The molecule has 24 heavy (non-hydrogen) atoms. The quantitative estimate of drug-likeness (QED) is 0.767. The summed E-state index contributed by atoms with van der Waals surface area (Å²) in [6.07, 6.45) is 3.99. The second-order valence-electron chi connectivity index (χ2n) is 6.72. The van der Waals surface area contributed by atoms with E-state index < -0.39 is 11.9 Å². The van der Waals surface area contributed by atoms with E-state index in [0.29, 0.717) is 19.3 Å². The highest BCUT2D eigenvalue weighted by Gasteiger charge is 2.23. The van der Waals surface area contributed by atoms with Crippen molar-refractivity contribution in [3.63, 3.8) is 0 Å². The van der Waals surface area contributed by atoms with Crippen LogP contribution in [-0.4, -0.2) is 35.7 Å². The molecule has 0 aromatic heterocycles. The lowest BCUT2D eigenvalue weighted by atomic mass is 9.98. The molecular formula is C19H27NO4. The Labute approximate surface area is 143 Å². The van der Waals surface area contributed by atoms with Gasteiger partial charge in [0.2, 0.25) is 5.91 Å². The predicted octanol–water partition coefficient (Wildman–Crippen LogP) is 2.70. The molecule has 0 radical (unpaired) electrons. The molecule has 132 valence electrons. The first-order valence-electron chi connectivity index (χ1n) is 8.64. The summed E-state index contributed by atoms with van der Waals surface area (Å²) in [5, 5.41) is 12.1. The van der Waals surface area contributed by atoms with Gasteiger partial charge in [-0.2, -0.15) is 0 Å². The predicted molar refractivity (Wildman–Crippen MR) is 91.8 cm³/mol. The molecule has 0 bridgehead atoms. The number of hydrogen-bond acceptors (Lipinski definition) is 3. The standard InChI is InChI=1S/C19H27NO4/c1-13-4-3-5-15(10-13)11-16(19(22)23)12-20-18(21)9-8-17-7-6-14(2)24-17/h3-5,10,14,16-17H,6-9,11-12H2,1-2H3,(H,20,21)(H,22,23)/t14-,16-,17-/m1/s1. The lowest BCUT2D eigenvalue weighted by Crippen LogP contribution is -2.34. The third-order valence-corrected chi connectivity index (χ3v) is 4.47. The monoisotopic (exact) mass is 333 g/mol. The molecule has 1 saturated heterocycles. The third kappa shape index (κ3) is 5.96. The van der Waals surface area contributed by atoms with Crippen LogP contribution in [0, 0.1) is 12.8 Å². The van der Waals surface area contributed by atoms with Crippen LogP contribution in [0.1, 0.15) is 43.7 Å². The normalized spacial score (nSPS) is 21.4. The summed E-state index contributed by atoms with van der Waals surface area (Å²) in [4.78, 5) is 23.4. The van der Waals surface area contributed by atoms with Gasteiger partial charge in [-0.25, -0.2) is 0 Å². The Morgan fingerprint density at radius 3 is 2.79 bits per heavy atom. The molecule has 0 aliphatic carbocycles. The number of carbonyl (C=O) groups excluding carboxylic acids is 1. The minimum atomic E-state index is -0.884. The first-order chi connectivity index (χ1) is 11.4. The Kier molecular flexibility index (Phi) is 6.79. The van der Waals surface area contributed by atoms with Crippen LogP contribution in [0.5, 0.6) is 0 Å². The highest BCUT2D eigenvalue weighted by Crippen LogP contribution is 2.22. The minimum absolute atomic E-state index is 0.103. The number of carboxylic acid groups (broad SMARTS) is 1. The van der Waals surface area contributed by atoms with Gasteiger partial charge in [0.1, 0.15) is 0 Å². The summed E-state index contributed by atoms with van der Waals surface area (Å²) >= 11 is 0. The lowest BCUT2D eigenvalue weighted by Gasteiger charge is -2.15. The maximum atomic E-state index is 12.0. The van der Waals surface area contributed by atoms with Crippen LogP contribution < -0.4 is 5.32 Å². The summed E-state index contributed by atoms with van der Waals surface area (Å²) in [6, 6.07) is 7.80. The SMILES string of the molecule is Cc1cccc(C[C@H](CNC(=O)CC[C@H]2CC[C@@H](C)O2)C(=O)O)c1. The van der Waals surface area contributed by atoms with Crippen molar-refractivity contribution >= 4 is 11.9 Å². The number of aryl methyl sites for hydroxylation is 1. The fraction of sp³-hybridized carbons (Fsp3) is 0.579. The maximum Gasteiger partial charge on any atom is 0.308 e. The number of carbonyl (C=O) groups is 2. The van der Waals surface area contributed by atoms with Crippen molar-refractivity contribution in [1.29, 1.82) is 0 Å². The fourth-order valence-corrected chi connectivity index (χ4v) is 3.09. The second-order valence-corrected chi connectivity index (χ2v) is 6.72. The van der Waals surface area contributed by atoms with Crippen molar-refractivity contribution in [1.82, 2.24) is 5.32 Å². The Hall–Kier alpha value is -1.88. The van der Waals surface area contributed by atoms with Crippen LogP contribution in [0.25, 0.3) is 0 Å². The zero-order chi connectivity index (χ0) is 17.5. The van der Waals surface area contributed by atoms with Crippen LogP contribution >= 0.6 is 0 Å². The molecule has 0 saturated carbocycles. The van der Waals surface area contributed by atoms with E-state index >= 15 is 0 Å². The van der Waals surface area contributed by atoms with Crippen molar-refractivity contribution < 1.29 is 19.4 Å². The Bertz CT molecular complexity index is 572. The summed E-state index contributed by atoms with van der Waals surface area (Å²) < 4.78 is 5.69. The van der Waals surface area contributed by atoms with Gasteiger partial charge in [-0.1, -0.05) is 29.8 Å². The summed E-state index contributed by atoms with van der Waals surface area (Å²) in [7, 11) is 0. The smallest absolute Gasteiger partial charge is 0.308 e. The zero-order valence-electron chi connectivity index (χ0n) is 14.5. The highest BCUT2D eigenvalue weighted by molar-refractivity contribution is 5.77. The van der Waals surface area contributed by atoms with Gasteiger partial charge in [0.25, 0.3) is 0 Å². The number of carboxylic acids is 1. The molecule has 5 heteroatoms. The van der Waals surface area contributed by atoms with E-state index in [1.54, 1.807) is 0 Å². The van der Waals surface area contributed by atoms with Crippen molar-refractivity contribution in [3.8, 4) is 0 Å². The number of ether oxygens (including phenoxy) is 1. The average Bonchev–Trinajstić information content (AvgIpc) is 2.94. The van der Waals surface area contributed by atoms with E-state index in [1.165, 1.54) is 0 Å². The molecule has 0 spiro atoms. The number of nitrogens with one attached hydrogen (secondary N) is 1. The van der Waals surface area contributed by atoms with Crippen molar-refractivity contribution in [2.24, 2.45) is 5.92 Å². The van der Waals surface area contributed by atoms with Gasteiger partial charge < -0.3 is 15.2 Å². The van der Waals surface area contributed by atoms with Gasteiger partial charge in [0, 0.05) is 13.0 Å². The molecule has 3 atom stereocenters. The molecular weight excluding hydrogens is 306 g/mol. The number of hydrogen-bond donors (Lipinski definition) is 2. The first-order valence-corrected chi connectivity index (χ1v) is 8.64. The summed E-state index contributed by atoms with van der Waals surface area (Å²) in [5.74, 6) is -1.60. The highest BCUT2D eigenvalue weighted by atomic mass is 16.5. The first kappa shape index (κ1) is 18.5.